The van der Waals surface area contributed by atoms with Gasteiger partial charge < -0.3 is 15.3 Å². The van der Waals surface area contributed by atoms with Crippen molar-refractivity contribution in [1.82, 2.24) is 9.97 Å². The predicted octanol–water partition coefficient (Wildman–Crippen LogP) is 1.99. The molecule has 0 aliphatic carbocycles. The average Bonchev–Trinajstić information content (AvgIpc) is 2.37. The van der Waals surface area contributed by atoms with Gasteiger partial charge in [-0.05, 0) is 18.9 Å². The second-order valence-electron chi connectivity index (χ2n) is 4.62. The second kappa shape index (κ2) is 8.29. The first-order valence-electron chi connectivity index (χ1n) is 6.55. The van der Waals surface area contributed by atoms with Crippen LogP contribution in [0.15, 0.2) is 12.3 Å². The number of carboxylic acid groups (broad SMARTS) is 1. The van der Waals surface area contributed by atoms with Gasteiger partial charge in [0.15, 0.2) is 0 Å². The van der Waals surface area contributed by atoms with E-state index in [1.54, 1.807) is 6.20 Å². The molecule has 0 saturated heterocycles. The molecule has 1 aromatic heterocycles. The van der Waals surface area contributed by atoms with E-state index in [0.29, 0.717) is 5.95 Å². The molecule has 6 nitrogen and oxygen atoms in total. The van der Waals surface area contributed by atoms with Crippen LogP contribution in [0.4, 0.5) is 11.8 Å². The summed E-state index contributed by atoms with van der Waals surface area (Å²) in [4.78, 5) is 20.7. The van der Waals surface area contributed by atoms with Crippen LogP contribution in [0.25, 0.3) is 0 Å². The molecule has 1 aromatic rings. The van der Waals surface area contributed by atoms with Crippen LogP contribution in [0, 0.1) is 0 Å². The molecule has 19 heavy (non-hydrogen) atoms. The zero-order valence-corrected chi connectivity index (χ0v) is 11.6. The Kier molecular flexibility index (Phi) is 6.63. The maximum absolute atomic E-state index is 10.3. The highest BCUT2D eigenvalue weighted by atomic mass is 16.4. The van der Waals surface area contributed by atoms with Crippen LogP contribution in [-0.4, -0.2) is 41.7 Å². The maximum Gasteiger partial charge on any atom is 0.303 e. The van der Waals surface area contributed by atoms with Gasteiger partial charge in [-0.25, -0.2) is 4.98 Å². The molecule has 0 amide bonds. The highest BCUT2D eigenvalue weighted by Crippen LogP contribution is 2.08. The van der Waals surface area contributed by atoms with Gasteiger partial charge in [0.2, 0.25) is 5.95 Å². The Labute approximate surface area is 113 Å². The molecule has 0 atom stereocenters. The molecular formula is C13H22N4O2. The number of aromatic nitrogens is 2. The van der Waals surface area contributed by atoms with Crippen molar-refractivity contribution in [3.8, 4) is 0 Å². The van der Waals surface area contributed by atoms with E-state index in [9.17, 15) is 4.79 Å². The lowest BCUT2D eigenvalue weighted by Crippen LogP contribution is -2.14. The third-order valence-corrected chi connectivity index (χ3v) is 2.67. The largest absolute Gasteiger partial charge is 0.481 e. The third kappa shape index (κ3) is 6.59. The van der Waals surface area contributed by atoms with E-state index < -0.39 is 5.97 Å². The van der Waals surface area contributed by atoms with E-state index >= 15 is 0 Å². The number of hydrogen-bond donors (Lipinski definition) is 2. The maximum atomic E-state index is 10.3. The normalized spacial score (nSPS) is 10.2. The number of hydrogen-bond acceptors (Lipinski definition) is 5. The van der Waals surface area contributed by atoms with Crippen molar-refractivity contribution in [3.05, 3.63) is 12.3 Å². The Morgan fingerprint density at radius 3 is 2.74 bits per heavy atom. The van der Waals surface area contributed by atoms with Crippen molar-refractivity contribution < 1.29 is 9.90 Å². The number of nitrogens with zero attached hydrogens (tertiary/aromatic N) is 3. The number of unbranched alkanes of at least 4 members (excludes halogenated alkanes) is 3. The predicted molar refractivity (Wildman–Crippen MR) is 75.6 cm³/mol. The molecule has 6 heteroatoms. The Hall–Kier alpha value is -1.85. The Bertz CT molecular complexity index is 396. The van der Waals surface area contributed by atoms with Crippen LogP contribution in [-0.2, 0) is 4.79 Å². The van der Waals surface area contributed by atoms with Gasteiger partial charge in [0.05, 0.1) is 0 Å². The summed E-state index contributed by atoms with van der Waals surface area (Å²) in [7, 11) is 3.81. The van der Waals surface area contributed by atoms with Crippen molar-refractivity contribution >= 4 is 17.7 Å². The Balaban J connectivity index is 2.15. The topological polar surface area (TPSA) is 78.4 Å². The van der Waals surface area contributed by atoms with E-state index in [2.05, 4.69) is 15.3 Å². The van der Waals surface area contributed by atoms with Crippen molar-refractivity contribution in [2.75, 3.05) is 30.9 Å². The lowest BCUT2D eigenvalue weighted by molar-refractivity contribution is -0.137. The fourth-order valence-corrected chi connectivity index (χ4v) is 1.63. The molecule has 1 heterocycles. The lowest BCUT2D eigenvalue weighted by Gasteiger charge is -2.11. The summed E-state index contributed by atoms with van der Waals surface area (Å²) in [5.41, 5.74) is 0. The number of rotatable bonds is 9. The van der Waals surface area contributed by atoms with Crippen LogP contribution in [0.2, 0.25) is 0 Å². The van der Waals surface area contributed by atoms with Crippen molar-refractivity contribution in [2.24, 2.45) is 0 Å². The van der Waals surface area contributed by atoms with E-state index in [0.717, 1.165) is 38.0 Å². The Morgan fingerprint density at radius 1 is 1.32 bits per heavy atom. The summed E-state index contributed by atoms with van der Waals surface area (Å²) in [6.07, 6.45) is 5.77. The molecule has 0 unspecified atom stereocenters. The number of carboxylic acids is 1. The molecule has 106 valence electrons. The van der Waals surface area contributed by atoms with Gasteiger partial charge in [-0.15, -0.1) is 0 Å². The van der Waals surface area contributed by atoms with E-state index in [1.807, 2.05) is 25.1 Å². The minimum atomic E-state index is -0.713. The first-order valence-corrected chi connectivity index (χ1v) is 6.55. The van der Waals surface area contributed by atoms with Gasteiger partial charge in [-0.1, -0.05) is 12.8 Å². The van der Waals surface area contributed by atoms with Crippen LogP contribution in [0.1, 0.15) is 32.1 Å². The first-order chi connectivity index (χ1) is 9.09. The quantitative estimate of drug-likeness (QED) is 0.665. The molecule has 1 rings (SSSR count). The van der Waals surface area contributed by atoms with Gasteiger partial charge in [-0.2, -0.15) is 4.98 Å². The zero-order chi connectivity index (χ0) is 14.1. The minimum absolute atomic E-state index is 0.269. The van der Waals surface area contributed by atoms with Gasteiger partial charge >= 0.3 is 5.97 Å². The summed E-state index contributed by atoms with van der Waals surface area (Å²) in [6, 6.07) is 1.84. The molecule has 0 aliphatic rings. The third-order valence-electron chi connectivity index (χ3n) is 2.67. The van der Waals surface area contributed by atoms with Gasteiger partial charge in [0, 0.05) is 33.3 Å². The van der Waals surface area contributed by atoms with Crippen LogP contribution < -0.4 is 10.2 Å². The molecule has 2 N–H and O–H groups in total. The summed E-state index contributed by atoms with van der Waals surface area (Å²) >= 11 is 0. The SMILES string of the molecule is CN(C)c1nccc(NCCCCCCC(=O)O)n1. The summed E-state index contributed by atoms with van der Waals surface area (Å²) < 4.78 is 0. The van der Waals surface area contributed by atoms with Crippen molar-refractivity contribution in [3.63, 3.8) is 0 Å². The molecule has 0 fully saturated rings. The monoisotopic (exact) mass is 266 g/mol. The molecule has 0 aliphatic heterocycles. The summed E-state index contributed by atoms with van der Waals surface area (Å²) in [5, 5.41) is 11.8. The van der Waals surface area contributed by atoms with Gasteiger partial charge in [0.1, 0.15) is 5.82 Å². The van der Waals surface area contributed by atoms with Crippen LogP contribution in [0.5, 0.6) is 0 Å². The summed E-state index contributed by atoms with van der Waals surface area (Å²) in [6.45, 7) is 0.844. The standard InChI is InChI=1S/C13H22N4O2/c1-17(2)13-15-10-8-11(16-13)14-9-6-4-3-5-7-12(18)19/h8,10H,3-7,9H2,1-2H3,(H,18,19)(H,14,15,16). The molecule has 0 bridgehead atoms. The highest BCUT2D eigenvalue weighted by molar-refractivity contribution is 5.66. The molecular weight excluding hydrogens is 244 g/mol. The molecule has 0 saturated carbocycles. The van der Waals surface area contributed by atoms with Gasteiger partial charge in [0.25, 0.3) is 0 Å². The average molecular weight is 266 g/mol. The number of aliphatic carboxylic acids is 1. The van der Waals surface area contributed by atoms with Crippen molar-refractivity contribution in [1.29, 1.82) is 0 Å². The first kappa shape index (κ1) is 15.2. The second-order valence-corrected chi connectivity index (χ2v) is 4.62. The van der Waals surface area contributed by atoms with E-state index in [1.165, 1.54) is 0 Å². The van der Waals surface area contributed by atoms with Crippen LogP contribution in [0.3, 0.4) is 0 Å². The lowest BCUT2D eigenvalue weighted by atomic mass is 10.1. The van der Waals surface area contributed by atoms with Crippen LogP contribution >= 0.6 is 0 Å². The number of carbonyl (C=O) groups is 1. The van der Waals surface area contributed by atoms with Crippen molar-refractivity contribution in [2.45, 2.75) is 32.1 Å². The zero-order valence-electron chi connectivity index (χ0n) is 11.6. The van der Waals surface area contributed by atoms with E-state index in [4.69, 9.17) is 5.11 Å². The van der Waals surface area contributed by atoms with Gasteiger partial charge in [-0.3, -0.25) is 4.79 Å². The smallest absolute Gasteiger partial charge is 0.303 e. The number of nitrogens with one attached hydrogen (secondary N) is 1. The van der Waals surface area contributed by atoms with E-state index in [-0.39, 0.29) is 6.42 Å². The minimum Gasteiger partial charge on any atom is -0.481 e. The molecule has 0 spiro atoms. The fourth-order valence-electron chi connectivity index (χ4n) is 1.63. The molecule has 0 aromatic carbocycles. The fraction of sp³-hybridized carbons (Fsp3) is 0.615. The molecule has 0 radical (unpaired) electrons. The number of anilines is 2. The highest BCUT2D eigenvalue weighted by Gasteiger charge is 2.00. The Morgan fingerprint density at radius 2 is 2.05 bits per heavy atom. The summed E-state index contributed by atoms with van der Waals surface area (Å²) in [5.74, 6) is 0.797.